The largest absolute Gasteiger partial charge is 0.466 e. The van der Waals surface area contributed by atoms with Crippen molar-refractivity contribution in [2.24, 2.45) is 0 Å². The van der Waals surface area contributed by atoms with Gasteiger partial charge in [-0.1, -0.05) is 324 Å². The number of carbonyl (C=O) groups is 4. The molecule has 0 aromatic carbocycles. The summed E-state index contributed by atoms with van der Waals surface area (Å²) in [4.78, 5) is 62.5. The maximum atomic E-state index is 13.2. The van der Waals surface area contributed by atoms with E-state index in [9.17, 15) is 19.2 Å². The van der Waals surface area contributed by atoms with E-state index in [0.717, 1.165) is 194 Å². The molecule has 1 heterocycles. The van der Waals surface area contributed by atoms with Crippen molar-refractivity contribution in [3.63, 3.8) is 0 Å². The number of nitrogens with zero attached hydrogens (tertiary/aromatic N) is 4. The van der Waals surface area contributed by atoms with Gasteiger partial charge < -0.3 is 38.5 Å². The molecule has 628 valence electrons. The van der Waals surface area contributed by atoms with Crippen LogP contribution in [-0.4, -0.2) is 147 Å². The summed E-state index contributed by atoms with van der Waals surface area (Å²) in [7, 11) is 0. The van der Waals surface area contributed by atoms with Crippen LogP contribution in [0.15, 0.2) is 0 Å². The summed E-state index contributed by atoms with van der Waals surface area (Å²) in [5.74, 6) is 0.0218. The average Bonchev–Trinajstić information content (AvgIpc) is 0.920. The third-order valence-electron chi connectivity index (χ3n) is 22.9. The van der Waals surface area contributed by atoms with Gasteiger partial charge in [0.2, 0.25) is 0 Å². The second-order valence-corrected chi connectivity index (χ2v) is 33.3. The minimum Gasteiger partial charge on any atom is -0.466 e. The zero-order valence-electron chi connectivity index (χ0n) is 72.2. The minimum absolute atomic E-state index is 0.0172. The molecule has 0 spiro atoms. The molecule has 1 fully saturated rings. The fraction of sp³-hybridized carbons (Fsp3) is 0.957. The van der Waals surface area contributed by atoms with E-state index < -0.39 is 0 Å². The molecule has 1 aliphatic rings. The van der Waals surface area contributed by atoms with Crippen molar-refractivity contribution in [2.75, 3.05) is 91.8 Å². The average molecular weight is 1500 g/mol. The smallest absolute Gasteiger partial charge is 0.306 e. The number of hydrogen-bond acceptors (Lipinski definition) is 12. The highest BCUT2D eigenvalue weighted by atomic mass is 16.6. The van der Waals surface area contributed by atoms with Gasteiger partial charge in [0.1, 0.15) is 12.2 Å². The van der Waals surface area contributed by atoms with Gasteiger partial charge in [-0.3, -0.25) is 19.2 Å². The first-order valence-electron chi connectivity index (χ1n) is 47.8. The van der Waals surface area contributed by atoms with Crippen LogP contribution in [0.2, 0.25) is 0 Å². The molecule has 0 N–H and O–H groups in total. The second-order valence-electron chi connectivity index (χ2n) is 33.3. The molecule has 0 unspecified atom stereocenters. The van der Waals surface area contributed by atoms with E-state index in [1.54, 1.807) is 0 Å². The summed E-state index contributed by atoms with van der Waals surface area (Å²) < 4.78 is 23.7. The molecule has 0 bridgehead atoms. The summed E-state index contributed by atoms with van der Waals surface area (Å²) in [5, 5.41) is 0. The molecule has 0 aromatic rings. The Hall–Kier alpha value is -2.28. The lowest BCUT2D eigenvalue weighted by atomic mass is 10.0. The predicted octanol–water partition coefficient (Wildman–Crippen LogP) is 26.8. The second kappa shape index (κ2) is 82.2. The topological polar surface area (TPSA) is 118 Å². The Morgan fingerprint density at radius 3 is 0.698 bits per heavy atom. The van der Waals surface area contributed by atoms with Gasteiger partial charge in [0.15, 0.2) is 0 Å². The summed E-state index contributed by atoms with van der Waals surface area (Å²) in [6.07, 6.45) is 79.8. The SMILES string of the molecule is CCCCCCCCCCCOC(=O)CCCCCN(CCCCCCCC(=O)OC(CCCCCCCC)CCCCCCCC)CCCN1CCN(CCCN(CCCCCCCC(=O)OC(CCCCCCCC)CCCCCCCC)CCCCCC(=O)OCCCCCCCCCCC)CC1. The first-order valence-corrected chi connectivity index (χ1v) is 47.8. The number of carbonyl (C=O) groups excluding carboxylic acids is 4. The van der Waals surface area contributed by atoms with Gasteiger partial charge in [-0.15, -0.1) is 0 Å². The van der Waals surface area contributed by atoms with Crippen molar-refractivity contribution in [3.05, 3.63) is 0 Å². The third kappa shape index (κ3) is 72.0. The highest BCUT2D eigenvalue weighted by Gasteiger charge is 2.20. The van der Waals surface area contributed by atoms with E-state index in [0.29, 0.717) is 38.9 Å². The van der Waals surface area contributed by atoms with Gasteiger partial charge in [0.25, 0.3) is 0 Å². The number of piperazine rings is 1. The molecular formula is C94H184N4O8. The fourth-order valence-electron chi connectivity index (χ4n) is 15.7. The van der Waals surface area contributed by atoms with E-state index in [1.165, 1.54) is 295 Å². The molecule has 12 heteroatoms. The van der Waals surface area contributed by atoms with Crippen LogP contribution in [0.3, 0.4) is 0 Å². The zero-order chi connectivity index (χ0) is 76.6. The van der Waals surface area contributed by atoms with Gasteiger partial charge in [0.05, 0.1) is 13.2 Å². The van der Waals surface area contributed by atoms with Crippen LogP contribution in [-0.2, 0) is 38.1 Å². The molecule has 1 rings (SSSR count). The van der Waals surface area contributed by atoms with Crippen LogP contribution in [0.5, 0.6) is 0 Å². The van der Waals surface area contributed by atoms with Gasteiger partial charge in [-0.2, -0.15) is 0 Å². The maximum absolute atomic E-state index is 13.2. The molecule has 1 aliphatic heterocycles. The number of hydrogen-bond donors (Lipinski definition) is 0. The number of esters is 4. The molecule has 12 nitrogen and oxygen atoms in total. The zero-order valence-corrected chi connectivity index (χ0v) is 72.2. The Balaban J connectivity index is 2.75. The van der Waals surface area contributed by atoms with Gasteiger partial charge in [-0.25, -0.2) is 0 Å². The Morgan fingerprint density at radius 2 is 0.434 bits per heavy atom. The first-order chi connectivity index (χ1) is 52.2. The number of unbranched alkanes of at least 4 members (excludes halogenated alkanes) is 48. The third-order valence-corrected chi connectivity index (χ3v) is 22.9. The van der Waals surface area contributed by atoms with Gasteiger partial charge in [-0.05, 0) is 181 Å². The predicted molar refractivity (Wildman–Crippen MR) is 455 cm³/mol. The van der Waals surface area contributed by atoms with E-state index in [2.05, 4.69) is 61.1 Å². The van der Waals surface area contributed by atoms with Crippen molar-refractivity contribution >= 4 is 23.9 Å². The van der Waals surface area contributed by atoms with Crippen LogP contribution in [0.4, 0.5) is 0 Å². The Labute approximate surface area is 660 Å². The Kier molecular flexibility index (Phi) is 78.9. The van der Waals surface area contributed by atoms with Crippen molar-refractivity contribution in [2.45, 2.75) is 490 Å². The maximum Gasteiger partial charge on any atom is 0.306 e. The summed E-state index contributed by atoms with van der Waals surface area (Å²) in [6, 6.07) is 0. The Morgan fingerprint density at radius 1 is 0.236 bits per heavy atom. The van der Waals surface area contributed by atoms with E-state index in [-0.39, 0.29) is 36.1 Å². The molecule has 0 atom stereocenters. The monoisotopic (exact) mass is 1500 g/mol. The number of ether oxygens (including phenoxy) is 4. The fourth-order valence-corrected chi connectivity index (χ4v) is 15.7. The lowest BCUT2D eigenvalue weighted by Crippen LogP contribution is -2.47. The van der Waals surface area contributed by atoms with Crippen molar-refractivity contribution in [1.82, 2.24) is 19.6 Å². The number of rotatable bonds is 86. The van der Waals surface area contributed by atoms with Gasteiger partial charge >= 0.3 is 23.9 Å². The lowest BCUT2D eigenvalue weighted by molar-refractivity contribution is -0.151. The molecule has 0 aliphatic carbocycles. The standard InChI is InChI=1S/C94H184N4O8/c1-7-13-19-25-31-33-35-47-63-87-103-91(99)71-57-49-61-77-95(75-59-45-37-43-55-73-93(101)105-89(67-51-39-27-21-15-9-3)68-52-40-28-22-16-10-4)79-65-81-97-83-85-98(86-84-97)82-66-80-96(78-62-50-58-72-92(100)104-88-64-48-36-34-32-26-20-14-8-2)76-60-46-38-44-56-74-94(102)106-90(69-53-41-29-23-17-11-5)70-54-42-30-24-18-12-6/h89-90H,7-88H2,1-6H3. The van der Waals surface area contributed by atoms with Crippen molar-refractivity contribution in [1.29, 1.82) is 0 Å². The Bertz CT molecular complexity index is 1670. The summed E-state index contributed by atoms with van der Waals surface area (Å²) >= 11 is 0. The van der Waals surface area contributed by atoms with Crippen LogP contribution >= 0.6 is 0 Å². The molecule has 0 amide bonds. The molecule has 106 heavy (non-hydrogen) atoms. The van der Waals surface area contributed by atoms with E-state index >= 15 is 0 Å². The highest BCUT2D eigenvalue weighted by Crippen LogP contribution is 2.23. The summed E-state index contributed by atoms with van der Waals surface area (Å²) in [6.45, 7) is 28.4. The molecular weight excluding hydrogens is 1310 g/mol. The highest BCUT2D eigenvalue weighted by molar-refractivity contribution is 5.70. The first kappa shape index (κ1) is 102. The van der Waals surface area contributed by atoms with Crippen LogP contribution in [0, 0.1) is 0 Å². The van der Waals surface area contributed by atoms with E-state index in [1.807, 2.05) is 0 Å². The summed E-state index contributed by atoms with van der Waals surface area (Å²) in [5.41, 5.74) is 0. The molecule has 0 aromatic heterocycles. The van der Waals surface area contributed by atoms with Crippen LogP contribution in [0.1, 0.15) is 478 Å². The minimum atomic E-state index is -0.0172. The van der Waals surface area contributed by atoms with Crippen LogP contribution < -0.4 is 0 Å². The lowest BCUT2D eigenvalue weighted by Gasteiger charge is -2.35. The van der Waals surface area contributed by atoms with Crippen molar-refractivity contribution < 1.29 is 38.1 Å². The molecule has 1 saturated heterocycles. The van der Waals surface area contributed by atoms with E-state index in [4.69, 9.17) is 18.9 Å². The van der Waals surface area contributed by atoms with Crippen molar-refractivity contribution in [3.8, 4) is 0 Å². The molecule has 0 radical (unpaired) electrons. The quantitative estimate of drug-likeness (QED) is 0.0328. The van der Waals surface area contributed by atoms with Crippen LogP contribution in [0.25, 0.3) is 0 Å². The van der Waals surface area contributed by atoms with Gasteiger partial charge in [0, 0.05) is 51.9 Å². The molecule has 0 saturated carbocycles. The normalized spacial score (nSPS) is 13.0.